The molecule has 0 aliphatic heterocycles. The van der Waals surface area contributed by atoms with Crippen LogP contribution in [0, 0.1) is 0 Å². The zero-order valence-electron chi connectivity index (χ0n) is 11.5. The third-order valence-electron chi connectivity index (χ3n) is 1.85. The molecule has 0 fully saturated rings. The Balaban J connectivity index is 0. The van der Waals surface area contributed by atoms with Gasteiger partial charge >= 0.3 is 5.97 Å². The van der Waals surface area contributed by atoms with Crippen LogP contribution in [0.3, 0.4) is 0 Å². The Labute approximate surface area is 135 Å². The van der Waals surface area contributed by atoms with Gasteiger partial charge in [0.1, 0.15) is 11.9 Å². The largest absolute Gasteiger partial charge is 0.427 e. The number of carbonyl (C=O) groups is 1. The van der Waals surface area contributed by atoms with E-state index in [1.807, 2.05) is 25.1 Å². The summed E-state index contributed by atoms with van der Waals surface area (Å²) in [6.07, 6.45) is 0.352. The first-order valence-electron chi connectivity index (χ1n) is 5.79. The maximum absolute atomic E-state index is 11.0. The smallest absolute Gasteiger partial charge is 0.311 e. The molecule has 1 radical (unpaired) electrons. The van der Waals surface area contributed by atoms with Crippen LogP contribution >= 0.6 is 0 Å². The molecule has 0 spiro atoms. The minimum Gasteiger partial charge on any atom is -0.427 e. The fraction of sp³-hybridized carbons (Fsp3) is 0.462. The van der Waals surface area contributed by atoms with Crippen molar-refractivity contribution in [1.82, 2.24) is 0 Å². The Morgan fingerprint density at radius 1 is 1.21 bits per heavy atom. The van der Waals surface area contributed by atoms with E-state index >= 15 is 0 Å². The van der Waals surface area contributed by atoms with Crippen LogP contribution in [-0.2, 0) is 4.79 Å². The molecule has 1 aromatic carbocycles. The van der Waals surface area contributed by atoms with Crippen LogP contribution in [0.15, 0.2) is 30.3 Å². The number of carbonyl (C=O) groups excluding carboxylic acids is 1. The van der Waals surface area contributed by atoms with Crippen molar-refractivity contribution in [3.63, 3.8) is 0 Å². The number of aliphatic hydroxyl groups is 3. The van der Waals surface area contributed by atoms with E-state index < -0.39 is 6.10 Å². The standard InChI is InChI=1S/C10H12O2.C3H8O3.Na/c1-2-6-10(11)12-9-7-4-3-5-8-9;4-1-3(6)2-5;/h3-5,7-8H,2,6H2,1H3;3-6H,1-2H2;. The van der Waals surface area contributed by atoms with E-state index in [2.05, 4.69) is 0 Å². The first-order valence-corrected chi connectivity index (χ1v) is 5.79. The van der Waals surface area contributed by atoms with E-state index in [0.29, 0.717) is 12.2 Å². The molecule has 0 saturated heterocycles. The molecule has 103 valence electrons. The van der Waals surface area contributed by atoms with E-state index in [-0.39, 0.29) is 48.7 Å². The molecule has 0 heterocycles. The van der Waals surface area contributed by atoms with Gasteiger partial charge in [-0.25, -0.2) is 0 Å². The van der Waals surface area contributed by atoms with Crippen LogP contribution in [0.5, 0.6) is 5.75 Å². The molecular formula is C13H20NaO5. The Morgan fingerprint density at radius 3 is 2.11 bits per heavy atom. The molecule has 0 aliphatic carbocycles. The summed E-state index contributed by atoms with van der Waals surface area (Å²) in [5.41, 5.74) is 0. The summed E-state index contributed by atoms with van der Waals surface area (Å²) in [7, 11) is 0. The minimum absolute atomic E-state index is 0. The normalized spacial score (nSPS) is 9.11. The summed E-state index contributed by atoms with van der Waals surface area (Å²) in [6.45, 7) is 1.22. The van der Waals surface area contributed by atoms with E-state index in [0.717, 1.165) is 6.42 Å². The van der Waals surface area contributed by atoms with Crippen LogP contribution in [0.2, 0.25) is 0 Å². The number of esters is 1. The van der Waals surface area contributed by atoms with Gasteiger partial charge in [0.15, 0.2) is 0 Å². The number of benzene rings is 1. The number of hydrogen-bond donors (Lipinski definition) is 3. The van der Waals surface area contributed by atoms with Crippen molar-refractivity contribution < 1.29 is 24.9 Å². The van der Waals surface area contributed by atoms with Crippen molar-refractivity contribution in [1.29, 1.82) is 0 Å². The van der Waals surface area contributed by atoms with Gasteiger partial charge in [0, 0.05) is 36.0 Å². The van der Waals surface area contributed by atoms with Crippen molar-refractivity contribution in [3.8, 4) is 5.75 Å². The van der Waals surface area contributed by atoms with E-state index in [4.69, 9.17) is 20.1 Å². The van der Waals surface area contributed by atoms with E-state index in [9.17, 15) is 4.79 Å². The summed E-state index contributed by atoms with van der Waals surface area (Å²) < 4.78 is 5.02. The Bertz CT molecular complexity index is 314. The van der Waals surface area contributed by atoms with Gasteiger partial charge in [-0.1, -0.05) is 25.1 Å². The third-order valence-corrected chi connectivity index (χ3v) is 1.85. The third kappa shape index (κ3) is 12.4. The zero-order chi connectivity index (χ0) is 13.8. The summed E-state index contributed by atoms with van der Waals surface area (Å²) in [5, 5.41) is 24.0. The summed E-state index contributed by atoms with van der Waals surface area (Å²) in [4.78, 5) is 11.0. The first kappa shape index (κ1) is 20.9. The molecule has 19 heavy (non-hydrogen) atoms. The second-order valence-corrected chi connectivity index (χ2v) is 3.56. The second kappa shape index (κ2) is 14.0. The van der Waals surface area contributed by atoms with Crippen LogP contribution in [0.1, 0.15) is 19.8 Å². The van der Waals surface area contributed by atoms with Gasteiger partial charge < -0.3 is 20.1 Å². The Morgan fingerprint density at radius 2 is 1.74 bits per heavy atom. The predicted octanol–water partition coefficient (Wildman–Crippen LogP) is 0.343. The van der Waals surface area contributed by atoms with Gasteiger partial charge in [0.25, 0.3) is 0 Å². The number of aliphatic hydroxyl groups excluding tert-OH is 3. The van der Waals surface area contributed by atoms with Gasteiger partial charge in [-0.15, -0.1) is 0 Å². The zero-order valence-corrected chi connectivity index (χ0v) is 13.5. The quantitative estimate of drug-likeness (QED) is 0.411. The summed E-state index contributed by atoms with van der Waals surface area (Å²) in [5.74, 6) is 0.458. The molecule has 0 aliphatic rings. The summed E-state index contributed by atoms with van der Waals surface area (Å²) in [6, 6.07) is 9.11. The van der Waals surface area contributed by atoms with Crippen LogP contribution in [0.4, 0.5) is 0 Å². The molecular weight excluding hydrogens is 259 g/mol. The molecule has 5 nitrogen and oxygen atoms in total. The van der Waals surface area contributed by atoms with Crippen molar-refractivity contribution in [2.75, 3.05) is 13.2 Å². The molecule has 0 atom stereocenters. The molecule has 0 unspecified atom stereocenters. The maximum Gasteiger partial charge on any atom is 0.311 e. The molecule has 6 heteroatoms. The predicted molar refractivity (Wildman–Crippen MR) is 72.9 cm³/mol. The SMILES string of the molecule is CCCC(=O)Oc1ccccc1.OCC(O)CO.[Na]. The Hall–Kier alpha value is -0.430. The second-order valence-electron chi connectivity index (χ2n) is 3.56. The van der Waals surface area contributed by atoms with Crippen molar-refractivity contribution >= 4 is 35.5 Å². The van der Waals surface area contributed by atoms with E-state index in [1.165, 1.54) is 0 Å². The molecule has 0 bridgehead atoms. The van der Waals surface area contributed by atoms with Crippen LogP contribution in [-0.4, -0.2) is 70.2 Å². The number of hydrogen-bond acceptors (Lipinski definition) is 5. The number of rotatable bonds is 5. The van der Waals surface area contributed by atoms with E-state index in [1.54, 1.807) is 12.1 Å². The number of para-hydroxylation sites is 1. The molecule has 1 rings (SSSR count). The summed E-state index contributed by atoms with van der Waals surface area (Å²) >= 11 is 0. The van der Waals surface area contributed by atoms with Gasteiger partial charge in [0.05, 0.1) is 13.2 Å². The van der Waals surface area contributed by atoms with Gasteiger partial charge in [-0.3, -0.25) is 4.79 Å². The minimum atomic E-state index is -0.954. The van der Waals surface area contributed by atoms with Gasteiger partial charge in [-0.2, -0.15) is 0 Å². The fourth-order valence-electron chi connectivity index (χ4n) is 0.933. The molecule has 0 amide bonds. The Kier molecular flexibility index (Phi) is 15.4. The molecule has 0 saturated carbocycles. The fourth-order valence-corrected chi connectivity index (χ4v) is 0.933. The van der Waals surface area contributed by atoms with Crippen LogP contribution in [0.25, 0.3) is 0 Å². The monoisotopic (exact) mass is 279 g/mol. The van der Waals surface area contributed by atoms with Crippen LogP contribution < -0.4 is 4.74 Å². The average Bonchev–Trinajstić information content (AvgIpc) is 2.40. The first-order chi connectivity index (χ1) is 8.63. The van der Waals surface area contributed by atoms with Crippen molar-refractivity contribution in [2.45, 2.75) is 25.9 Å². The molecule has 3 N–H and O–H groups in total. The average molecular weight is 279 g/mol. The number of ether oxygens (including phenoxy) is 1. The topological polar surface area (TPSA) is 87.0 Å². The molecule has 1 aromatic rings. The van der Waals surface area contributed by atoms with Crippen molar-refractivity contribution in [2.24, 2.45) is 0 Å². The van der Waals surface area contributed by atoms with Gasteiger partial charge in [0.2, 0.25) is 0 Å². The maximum atomic E-state index is 11.0. The van der Waals surface area contributed by atoms with Gasteiger partial charge in [-0.05, 0) is 18.6 Å². The molecule has 0 aromatic heterocycles. The van der Waals surface area contributed by atoms with Crippen molar-refractivity contribution in [3.05, 3.63) is 30.3 Å².